The van der Waals surface area contributed by atoms with Crippen molar-refractivity contribution in [2.75, 3.05) is 31.1 Å². The van der Waals surface area contributed by atoms with E-state index in [-0.39, 0.29) is 58.2 Å². The minimum absolute atomic E-state index is 0.0562. The number of nitrogens with one attached hydrogen (secondary N) is 1. The number of esters is 1. The van der Waals surface area contributed by atoms with Crippen molar-refractivity contribution in [2.45, 2.75) is 13.0 Å². The van der Waals surface area contributed by atoms with Gasteiger partial charge in [0, 0.05) is 44.3 Å². The Kier molecular flexibility index (Phi) is 6.13. The highest BCUT2D eigenvalue weighted by Gasteiger charge is 2.27. The summed E-state index contributed by atoms with van der Waals surface area (Å²) in [5.74, 6) is -2.77. The minimum Gasteiger partial charge on any atom is -0.462 e. The molecule has 1 saturated heterocycles. The molecule has 4 aromatic rings. The van der Waals surface area contributed by atoms with Crippen molar-refractivity contribution in [2.24, 2.45) is 7.05 Å². The van der Waals surface area contributed by atoms with Crippen molar-refractivity contribution < 1.29 is 22.7 Å². The maximum absolute atomic E-state index is 15.8. The number of carbonyl (C=O) groups excluding carboxylic acids is 1. The average molecular weight is 496 g/mol. The Labute approximate surface area is 204 Å². The number of benzene rings is 2. The molecule has 3 heterocycles. The molecule has 7 nitrogen and oxygen atoms in total. The van der Waals surface area contributed by atoms with Gasteiger partial charge in [0.25, 0.3) is 0 Å². The molecule has 186 valence electrons. The molecule has 0 amide bonds. The van der Waals surface area contributed by atoms with Crippen molar-refractivity contribution in [1.29, 1.82) is 0 Å². The molecule has 2 aromatic carbocycles. The molecule has 1 aliphatic rings. The summed E-state index contributed by atoms with van der Waals surface area (Å²) < 4.78 is 50.8. The number of pyridine rings is 2. The van der Waals surface area contributed by atoms with E-state index in [1.54, 1.807) is 31.0 Å². The fourth-order valence-corrected chi connectivity index (χ4v) is 4.64. The van der Waals surface area contributed by atoms with Gasteiger partial charge in [0.05, 0.1) is 12.0 Å². The highest BCUT2D eigenvalue weighted by molar-refractivity contribution is 5.97. The molecule has 1 aliphatic heterocycles. The monoisotopic (exact) mass is 496 g/mol. The van der Waals surface area contributed by atoms with E-state index in [9.17, 15) is 14.0 Å². The van der Waals surface area contributed by atoms with Crippen molar-refractivity contribution >= 4 is 33.6 Å². The van der Waals surface area contributed by atoms with E-state index in [0.29, 0.717) is 13.1 Å². The normalized spacial score (nSPS) is 16.0. The Morgan fingerprint density at radius 3 is 2.67 bits per heavy atom. The number of piperazine rings is 1. The van der Waals surface area contributed by atoms with Crippen LogP contribution in [0.2, 0.25) is 0 Å². The first-order chi connectivity index (χ1) is 17.3. The van der Waals surface area contributed by atoms with Crippen LogP contribution in [-0.2, 0) is 11.8 Å². The molecule has 2 aromatic heterocycles. The number of fused-ring (bicyclic) bond motifs is 2. The smallest absolute Gasteiger partial charge is 0.343 e. The van der Waals surface area contributed by atoms with E-state index >= 15 is 8.78 Å². The molecule has 36 heavy (non-hydrogen) atoms. The summed E-state index contributed by atoms with van der Waals surface area (Å²) in [5.41, 5.74) is -0.144. The summed E-state index contributed by atoms with van der Waals surface area (Å²) in [6.45, 7) is 2.81. The third-order valence-electron chi connectivity index (χ3n) is 6.36. The van der Waals surface area contributed by atoms with Crippen molar-refractivity contribution in [3.05, 3.63) is 81.4 Å². The summed E-state index contributed by atoms with van der Waals surface area (Å²) in [7, 11) is 1.58. The molecule has 1 unspecified atom stereocenters. The summed E-state index contributed by atoms with van der Waals surface area (Å²) >= 11 is 0. The summed E-state index contributed by atoms with van der Waals surface area (Å²) in [5, 5.41) is 3.45. The van der Waals surface area contributed by atoms with Crippen LogP contribution in [0.1, 0.15) is 28.9 Å². The molecule has 10 heteroatoms. The zero-order chi connectivity index (χ0) is 25.6. The predicted molar refractivity (Wildman–Crippen MR) is 130 cm³/mol. The van der Waals surface area contributed by atoms with Gasteiger partial charge in [0.1, 0.15) is 34.0 Å². The molecular formula is C26H23F3N4O3. The number of anilines is 1. The molecule has 0 bridgehead atoms. The van der Waals surface area contributed by atoms with E-state index in [2.05, 4.69) is 10.3 Å². The molecule has 0 aliphatic carbocycles. The fraction of sp³-hybridized carbons (Fsp3) is 0.269. The third-order valence-corrected chi connectivity index (χ3v) is 6.36. The van der Waals surface area contributed by atoms with Gasteiger partial charge in [-0.2, -0.15) is 0 Å². The Morgan fingerprint density at radius 2 is 1.94 bits per heavy atom. The van der Waals surface area contributed by atoms with Crippen LogP contribution in [0.3, 0.4) is 0 Å². The van der Waals surface area contributed by atoms with E-state index in [4.69, 9.17) is 4.74 Å². The number of nitrogens with zero attached hydrogens (tertiary/aromatic N) is 3. The van der Waals surface area contributed by atoms with Gasteiger partial charge in [0.2, 0.25) is 5.43 Å². The second-order valence-electron chi connectivity index (χ2n) is 8.66. The lowest BCUT2D eigenvalue weighted by atomic mass is 10.0. The highest BCUT2D eigenvalue weighted by Crippen LogP contribution is 2.33. The van der Waals surface area contributed by atoms with Gasteiger partial charge in [-0.05, 0) is 36.8 Å². The Morgan fingerprint density at radius 1 is 1.19 bits per heavy atom. The molecule has 0 radical (unpaired) electrons. The number of ether oxygens (including phenoxy) is 1. The Balaban J connectivity index is 1.60. The molecule has 0 spiro atoms. The summed E-state index contributed by atoms with van der Waals surface area (Å²) in [6, 6.07) is 8.22. The van der Waals surface area contributed by atoms with E-state index in [0.717, 1.165) is 11.6 Å². The Bertz CT molecular complexity index is 1550. The maximum atomic E-state index is 15.8. The first-order valence-corrected chi connectivity index (χ1v) is 11.5. The number of hydrogen-bond donors (Lipinski definition) is 1. The molecule has 1 N–H and O–H groups in total. The van der Waals surface area contributed by atoms with Crippen LogP contribution in [0.15, 0.2) is 47.4 Å². The van der Waals surface area contributed by atoms with Crippen LogP contribution in [0.5, 0.6) is 0 Å². The van der Waals surface area contributed by atoms with Crippen molar-refractivity contribution in [3.8, 4) is 0 Å². The SMILES string of the molecule is CCOC(=O)c1cn(C)c2nc3c(F)c(N4CCNC(c5ccc(F)cc5)C4)c(F)cc3cc2c1=O. The maximum Gasteiger partial charge on any atom is 0.343 e. The molecule has 5 rings (SSSR count). The molecule has 0 saturated carbocycles. The lowest BCUT2D eigenvalue weighted by Gasteiger charge is -2.36. The van der Waals surface area contributed by atoms with Gasteiger partial charge in [-0.25, -0.2) is 22.9 Å². The van der Waals surface area contributed by atoms with Crippen LogP contribution >= 0.6 is 0 Å². The third kappa shape index (κ3) is 4.07. The molecule has 1 atom stereocenters. The van der Waals surface area contributed by atoms with Gasteiger partial charge in [-0.3, -0.25) is 4.79 Å². The van der Waals surface area contributed by atoms with Crippen LogP contribution in [0.25, 0.3) is 21.9 Å². The summed E-state index contributed by atoms with van der Waals surface area (Å²) in [6.07, 6.45) is 1.30. The predicted octanol–water partition coefficient (Wildman–Crippen LogP) is 3.83. The van der Waals surface area contributed by atoms with Crippen LogP contribution in [0.4, 0.5) is 18.9 Å². The van der Waals surface area contributed by atoms with Gasteiger partial charge >= 0.3 is 5.97 Å². The lowest BCUT2D eigenvalue weighted by Crippen LogP contribution is -2.46. The number of halogens is 3. The standard InChI is InChI=1S/C26H23F3N4O3/c1-3-36-26(35)18-12-32(2)25-17(24(18)34)10-15-11-19(28)23(21(29)22(15)31-25)33-9-8-30-20(13-33)14-4-6-16(27)7-5-14/h4-7,10-12,20,30H,3,8-9,13H2,1-2H3. The Hall–Kier alpha value is -3.92. The number of carbonyl (C=O) groups is 1. The van der Waals surface area contributed by atoms with E-state index < -0.39 is 23.0 Å². The zero-order valence-electron chi connectivity index (χ0n) is 19.6. The first kappa shape index (κ1) is 23.8. The van der Waals surface area contributed by atoms with Crippen LogP contribution in [0, 0.1) is 17.5 Å². The average Bonchev–Trinajstić information content (AvgIpc) is 2.86. The second-order valence-corrected chi connectivity index (χ2v) is 8.66. The molecular weight excluding hydrogens is 473 g/mol. The largest absolute Gasteiger partial charge is 0.462 e. The van der Waals surface area contributed by atoms with Gasteiger partial charge in [0.15, 0.2) is 5.82 Å². The van der Waals surface area contributed by atoms with Crippen molar-refractivity contribution in [1.82, 2.24) is 14.9 Å². The number of aromatic nitrogens is 2. The lowest BCUT2D eigenvalue weighted by molar-refractivity contribution is 0.0524. The summed E-state index contributed by atoms with van der Waals surface area (Å²) in [4.78, 5) is 31.1. The minimum atomic E-state index is -0.839. The van der Waals surface area contributed by atoms with E-state index in [1.165, 1.54) is 29.0 Å². The van der Waals surface area contributed by atoms with Crippen LogP contribution < -0.4 is 15.6 Å². The highest BCUT2D eigenvalue weighted by atomic mass is 19.1. The van der Waals surface area contributed by atoms with Gasteiger partial charge in [-0.15, -0.1) is 0 Å². The number of hydrogen-bond acceptors (Lipinski definition) is 6. The topological polar surface area (TPSA) is 76.5 Å². The van der Waals surface area contributed by atoms with E-state index in [1.807, 2.05) is 0 Å². The van der Waals surface area contributed by atoms with Crippen molar-refractivity contribution in [3.63, 3.8) is 0 Å². The van der Waals surface area contributed by atoms with Gasteiger partial charge < -0.3 is 19.5 Å². The fourth-order valence-electron chi connectivity index (χ4n) is 4.64. The number of rotatable bonds is 4. The first-order valence-electron chi connectivity index (χ1n) is 11.5. The number of aryl methyl sites for hydroxylation is 1. The van der Waals surface area contributed by atoms with Gasteiger partial charge in [-0.1, -0.05) is 12.1 Å². The second kappa shape index (κ2) is 9.27. The zero-order valence-corrected chi connectivity index (χ0v) is 19.6. The van der Waals surface area contributed by atoms with Crippen LogP contribution in [-0.4, -0.2) is 41.8 Å². The quantitative estimate of drug-likeness (QED) is 0.342. The molecule has 1 fully saturated rings.